The third-order valence-electron chi connectivity index (χ3n) is 6.71. The fourth-order valence-electron chi connectivity index (χ4n) is 4.96. The molecule has 29 heavy (non-hydrogen) atoms. The number of likely N-dealkylation sites (tertiary alicyclic amines) is 1. The van der Waals surface area contributed by atoms with Crippen LogP contribution in [0.4, 0.5) is 0 Å². The van der Waals surface area contributed by atoms with E-state index in [9.17, 15) is 9.59 Å². The fraction of sp³-hybridized carbons (Fsp3) is 0.522. The van der Waals surface area contributed by atoms with Crippen LogP contribution in [-0.2, 0) is 22.4 Å². The van der Waals surface area contributed by atoms with Crippen molar-refractivity contribution in [2.24, 2.45) is 11.8 Å². The van der Waals surface area contributed by atoms with Gasteiger partial charge in [0.25, 0.3) is 0 Å². The second kappa shape index (κ2) is 7.65. The van der Waals surface area contributed by atoms with E-state index in [1.165, 1.54) is 0 Å². The molecule has 6 nitrogen and oxygen atoms in total. The summed E-state index contributed by atoms with van der Waals surface area (Å²) in [6.07, 6.45) is 6.99. The minimum absolute atomic E-state index is 0.0133. The number of fused-ring (bicyclic) bond motifs is 1. The van der Waals surface area contributed by atoms with Gasteiger partial charge in [0.2, 0.25) is 11.8 Å². The molecule has 1 N–H and O–H groups in total. The van der Waals surface area contributed by atoms with E-state index in [2.05, 4.69) is 14.9 Å². The van der Waals surface area contributed by atoms with E-state index in [4.69, 9.17) is 0 Å². The summed E-state index contributed by atoms with van der Waals surface area (Å²) in [6.45, 7) is 2.33. The van der Waals surface area contributed by atoms with Gasteiger partial charge in [0.1, 0.15) is 0 Å². The van der Waals surface area contributed by atoms with Crippen molar-refractivity contribution in [3.8, 4) is 0 Å². The molecule has 0 bridgehead atoms. The molecule has 2 amide bonds. The topological polar surface area (TPSA) is 69.3 Å². The molecule has 2 aliphatic heterocycles. The maximum atomic E-state index is 13.2. The number of H-pyrrole nitrogens is 1. The molecule has 3 heterocycles. The zero-order chi connectivity index (χ0) is 19.8. The Morgan fingerprint density at radius 1 is 1.03 bits per heavy atom. The van der Waals surface area contributed by atoms with E-state index in [1.807, 2.05) is 35.2 Å². The number of aromatic amines is 1. The van der Waals surface area contributed by atoms with Crippen LogP contribution in [0, 0.1) is 11.8 Å². The lowest BCUT2D eigenvalue weighted by molar-refractivity contribution is -0.138. The number of hydrogen-bond acceptors (Lipinski definition) is 3. The average molecular weight is 393 g/mol. The van der Waals surface area contributed by atoms with Crippen molar-refractivity contribution >= 4 is 11.8 Å². The van der Waals surface area contributed by atoms with Crippen LogP contribution < -0.4 is 0 Å². The first kappa shape index (κ1) is 18.4. The van der Waals surface area contributed by atoms with Crippen LogP contribution in [0.2, 0.25) is 0 Å². The van der Waals surface area contributed by atoms with Gasteiger partial charge in [0.05, 0.1) is 24.5 Å². The fourth-order valence-corrected chi connectivity index (χ4v) is 4.96. The molecule has 2 fully saturated rings. The van der Waals surface area contributed by atoms with E-state index in [-0.39, 0.29) is 17.9 Å². The first-order valence-corrected chi connectivity index (χ1v) is 10.8. The number of nitrogens with zero attached hydrogens (tertiary/aromatic N) is 3. The van der Waals surface area contributed by atoms with Crippen molar-refractivity contribution in [1.29, 1.82) is 0 Å². The summed E-state index contributed by atoms with van der Waals surface area (Å²) >= 11 is 0. The van der Waals surface area contributed by atoms with Crippen molar-refractivity contribution in [3.63, 3.8) is 0 Å². The average Bonchev–Trinajstić information content (AvgIpc) is 3.50. The van der Waals surface area contributed by atoms with Gasteiger partial charge in [-0.05, 0) is 37.2 Å². The summed E-state index contributed by atoms with van der Waals surface area (Å²) in [5, 5.41) is 0. The van der Waals surface area contributed by atoms with Gasteiger partial charge in [-0.3, -0.25) is 9.59 Å². The first-order valence-electron chi connectivity index (χ1n) is 10.8. The number of carbonyl (C=O) groups is 2. The number of carbonyl (C=O) groups excluding carboxylic acids is 2. The van der Waals surface area contributed by atoms with Crippen LogP contribution in [-0.4, -0.2) is 51.2 Å². The van der Waals surface area contributed by atoms with E-state index >= 15 is 0 Å². The van der Waals surface area contributed by atoms with Gasteiger partial charge in [-0.1, -0.05) is 30.3 Å². The van der Waals surface area contributed by atoms with Crippen LogP contribution >= 0.6 is 0 Å². The summed E-state index contributed by atoms with van der Waals surface area (Å²) in [4.78, 5) is 37.6. The normalized spacial score (nSPS) is 22.4. The molecule has 6 heteroatoms. The smallest absolute Gasteiger partial charge is 0.227 e. The Hall–Kier alpha value is -2.63. The highest BCUT2D eigenvalue weighted by molar-refractivity contribution is 5.81. The Kier molecular flexibility index (Phi) is 4.86. The minimum Gasteiger partial charge on any atom is -0.348 e. The predicted octanol–water partition coefficient (Wildman–Crippen LogP) is 2.73. The molecule has 1 unspecified atom stereocenters. The van der Waals surface area contributed by atoms with Gasteiger partial charge < -0.3 is 14.8 Å². The number of imidazole rings is 1. The molecule has 0 radical (unpaired) electrons. The number of benzene rings is 1. The van der Waals surface area contributed by atoms with Crippen molar-refractivity contribution < 1.29 is 9.59 Å². The van der Waals surface area contributed by atoms with E-state index < -0.39 is 0 Å². The van der Waals surface area contributed by atoms with Gasteiger partial charge >= 0.3 is 0 Å². The molecule has 1 saturated carbocycles. The summed E-state index contributed by atoms with van der Waals surface area (Å²) in [6, 6.07) is 9.98. The number of rotatable bonds is 4. The van der Waals surface area contributed by atoms with Gasteiger partial charge in [-0.2, -0.15) is 0 Å². The van der Waals surface area contributed by atoms with Crippen molar-refractivity contribution in [3.05, 3.63) is 53.6 Å². The van der Waals surface area contributed by atoms with Crippen LogP contribution in [0.25, 0.3) is 0 Å². The monoisotopic (exact) mass is 392 g/mol. The molecule has 1 aromatic heterocycles. The van der Waals surface area contributed by atoms with Crippen molar-refractivity contribution in [2.75, 3.05) is 19.6 Å². The van der Waals surface area contributed by atoms with Crippen LogP contribution in [0.3, 0.4) is 0 Å². The van der Waals surface area contributed by atoms with Crippen LogP contribution in [0.5, 0.6) is 0 Å². The maximum absolute atomic E-state index is 13.2. The summed E-state index contributed by atoms with van der Waals surface area (Å²) < 4.78 is 0. The third kappa shape index (κ3) is 3.68. The molecule has 1 aromatic carbocycles. The van der Waals surface area contributed by atoms with Crippen molar-refractivity contribution in [1.82, 2.24) is 19.8 Å². The van der Waals surface area contributed by atoms with E-state index in [1.54, 1.807) is 6.33 Å². The highest BCUT2D eigenvalue weighted by Gasteiger charge is 2.41. The van der Waals surface area contributed by atoms with Gasteiger partial charge in [0, 0.05) is 37.7 Å². The molecular formula is C23H28N4O2. The Morgan fingerprint density at radius 2 is 1.79 bits per heavy atom. The van der Waals surface area contributed by atoms with E-state index in [0.29, 0.717) is 18.2 Å². The maximum Gasteiger partial charge on any atom is 0.227 e. The lowest BCUT2D eigenvalue weighted by Gasteiger charge is -2.43. The number of piperidine rings is 1. The molecule has 5 rings (SSSR count). The number of amides is 2. The molecule has 152 valence electrons. The number of nitrogens with one attached hydrogen (secondary N) is 1. The summed E-state index contributed by atoms with van der Waals surface area (Å²) in [5.41, 5.74) is 3.24. The van der Waals surface area contributed by atoms with Crippen molar-refractivity contribution in [2.45, 2.75) is 44.6 Å². The Labute approximate surface area is 171 Å². The lowest BCUT2D eigenvalue weighted by Crippen LogP contribution is -2.48. The SMILES string of the molecule is O=C(C1CC1)N1CCC(C2c3nc[nH]c3CCN2C(=O)Cc2ccccc2)CC1. The quantitative estimate of drug-likeness (QED) is 0.870. The summed E-state index contributed by atoms with van der Waals surface area (Å²) in [5.74, 6) is 1.14. The lowest BCUT2D eigenvalue weighted by atomic mass is 9.83. The zero-order valence-corrected chi connectivity index (χ0v) is 16.7. The first-order chi connectivity index (χ1) is 14.2. The molecule has 2 aromatic rings. The van der Waals surface area contributed by atoms with Gasteiger partial charge in [-0.15, -0.1) is 0 Å². The minimum atomic E-state index is 0.0133. The number of aromatic nitrogens is 2. The van der Waals surface area contributed by atoms with Gasteiger partial charge in [-0.25, -0.2) is 4.98 Å². The van der Waals surface area contributed by atoms with Crippen LogP contribution in [0.15, 0.2) is 36.7 Å². The standard InChI is InChI=1S/C23H28N4O2/c28-20(14-16-4-2-1-3-5-16)27-13-10-19-21(25-15-24-19)22(27)17-8-11-26(12-9-17)23(29)18-6-7-18/h1-5,15,17-18,22H,6-14H2,(H,24,25). The predicted molar refractivity (Wildman–Crippen MR) is 109 cm³/mol. The highest BCUT2D eigenvalue weighted by Crippen LogP contribution is 2.40. The molecule has 0 spiro atoms. The molecular weight excluding hydrogens is 364 g/mol. The van der Waals surface area contributed by atoms with E-state index in [0.717, 1.165) is 68.7 Å². The Balaban J connectivity index is 1.33. The second-order valence-corrected chi connectivity index (χ2v) is 8.65. The molecule has 1 aliphatic carbocycles. The zero-order valence-electron chi connectivity index (χ0n) is 16.7. The Bertz CT molecular complexity index is 881. The van der Waals surface area contributed by atoms with Crippen LogP contribution in [0.1, 0.15) is 48.7 Å². The molecule has 1 atom stereocenters. The van der Waals surface area contributed by atoms with Gasteiger partial charge in [0.15, 0.2) is 0 Å². The Morgan fingerprint density at radius 3 is 2.52 bits per heavy atom. The second-order valence-electron chi connectivity index (χ2n) is 8.65. The molecule has 1 saturated heterocycles. The largest absolute Gasteiger partial charge is 0.348 e. The highest BCUT2D eigenvalue weighted by atomic mass is 16.2. The third-order valence-corrected chi connectivity index (χ3v) is 6.71. The molecule has 3 aliphatic rings. The summed E-state index contributed by atoms with van der Waals surface area (Å²) in [7, 11) is 0. The number of hydrogen-bond donors (Lipinski definition) is 1.